The third-order valence-corrected chi connectivity index (χ3v) is 7.03. The van der Waals surface area contributed by atoms with E-state index in [2.05, 4.69) is 27.5 Å². The number of aromatic nitrogens is 2. The monoisotopic (exact) mass is 436 g/mol. The molecule has 7 heteroatoms. The zero-order valence-corrected chi connectivity index (χ0v) is 18.2. The largest absolute Gasteiger partial charge is 0.346 e. The van der Waals surface area contributed by atoms with Crippen LogP contribution < -0.4 is 4.90 Å². The van der Waals surface area contributed by atoms with Crippen LogP contribution in [0, 0.1) is 11.7 Å². The summed E-state index contributed by atoms with van der Waals surface area (Å²) >= 11 is 1.38. The normalized spacial score (nSPS) is 18.7. The Kier molecular flexibility index (Phi) is 5.68. The molecule has 5 nitrogen and oxygen atoms in total. The molecule has 0 bridgehead atoms. The summed E-state index contributed by atoms with van der Waals surface area (Å²) < 4.78 is 17.6. The average molecular weight is 437 g/mol. The van der Waals surface area contributed by atoms with Gasteiger partial charge in [-0.05, 0) is 48.1 Å². The molecule has 1 saturated heterocycles. The number of halogens is 1. The molecule has 1 aromatic heterocycles. The molecule has 2 aromatic carbocycles. The first kappa shape index (κ1) is 20.1. The van der Waals surface area contributed by atoms with Gasteiger partial charge < -0.3 is 9.80 Å². The number of benzene rings is 2. The molecule has 1 amide bonds. The molecule has 3 heterocycles. The van der Waals surface area contributed by atoms with Gasteiger partial charge in [0.25, 0.3) is 0 Å². The fourth-order valence-electron chi connectivity index (χ4n) is 4.52. The first-order valence-corrected chi connectivity index (χ1v) is 11.6. The number of piperidine rings is 1. The van der Waals surface area contributed by atoms with E-state index >= 15 is 0 Å². The summed E-state index contributed by atoms with van der Waals surface area (Å²) in [6, 6.07) is 14.9. The van der Waals surface area contributed by atoms with E-state index in [9.17, 15) is 9.18 Å². The highest BCUT2D eigenvalue weighted by atomic mass is 32.1. The van der Waals surface area contributed by atoms with E-state index in [0.717, 1.165) is 48.9 Å². The molecule has 160 valence electrons. The lowest BCUT2D eigenvalue weighted by molar-refractivity contribution is -0.136. The molecular formula is C24H25FN4OS. The molecule has 31 heavy (non-hydrogen) atoms. The molecule has 0 N–H and O–H groups in total. The minimum atomic E-state index is -0.239. The fraction of sp³-hybridized carbons (Fsp3) is 0.375. The second-order valence-electron chi connectivity index (χ2n) is 8.36. The Hall–Kier alpha value is -2.80. The summed E-state index contributed by atoms with van der Waals surface area (Å²) in [4.78, 5) is 22.2. The fourth-order valence-corrected chi connectivity index (χ4v) is 5.24. The summed E-state index contributed by atoms with van der Waals surface area (Å²) in [5, 5.41) is 0.874. The summed E-state index contributed by atoms with van der Waals surface area (Å²) in [5.41, 5.74) is 3.62. The molecule has 2 aliphatic heterocycles. The van der Waals surface area contributed by atoms with Gasteiger partial charge >= 0.3 is 0 Å². The number of amides is 1. The summed E-state index contributed by atoms with van der Waals surface area (Å²) in [6.07, 6.45) is 3.42. The van der Waals surface area contributed by atoms with E-state index in [-0.39, 0.29) is 17.6 Å². The van der Waals surface area contributed by atoms with Crippen LogP contribution >= 0.6 is 11.5 Å². The molecule has 0 spiro atoms. The lowest BCUT2D eigenvalue weighted by Gasteiger charge is -2.36. The molecule has 0 saturated carbocycles. The number of fused-ring (bicyclic) bond motifs is 1. The quantitative estimate of drug-likeness (QED) is 0.619. The molecule has 0 aliphatic carbocycles. The molecule has 3 aromatic rings. The van der Waals surface area contributed by atoms with E-state index in [1.807, 2.05) is 11.0 Å². The Morgan fingerprint density at radius 1 is 1.10 bits per heavy atom. The predicted molar refractivity (Wildman–Crippen MR) is 120 cm³/mol. The van der Waals surface area contributed by atoms with Gasteiger partial charge in [-0.25, -0.2) is 9.37 Å². The highest BCUT2D eigenvalue weighted by molar-refractivity contribution is 7.09. The van der Waals surface area contributed by atoms with Crippen LogP contribution in [0.3, 0.4) is 0 Å². The average Bonchev–Trinajstić information content (AvgIpc) is 3.28. The maximum absolute atomic E-state index is 13.2. The molecule has 1 unspecified atom stereocenters. The SMILES string of the molecule is O=C(C1CCCN(c2nc(Cc3ccc(F)cc3)ns2)C1)N1CCc2ccccc2C1. The van der Waals surface area contributed by atoms with Gasteiger partial charge in [0.2, 0.25) is 11.0 Å². The molecular weight excluding hydrogens is 411 g/mol. The van der Waals surface area contributed by atoms with Crippen molar-refractivity contribution in [1.29, 1.82) is 0 Å². The van der Waals surface area contributed by atoms with Gasteiger partial charge in [-0.2, -0.15) is 4.37 Å². The van der Waals surface area contributed by atoms with Crippen LogP contribution in [0.2, 0.25) is 0 Å². The third kappa shape index (κ3) is 4.46. The number of hydrogen-bond donors (Lipinski definition) is 0. The predicted octanol–water partition coefficient (Wildman–Crippen LogP) is 4.07. The van der Waals surface area contributed by atoms with Crippen molar-refractivity contribution < 1.29 is 9.18 Å². The van der Waals surface area contributed by atoms with Crippen LogP contribution in [-0.4, -0.2) is 39.8 Å². The van der Waals surface area contributed by atoms with Gasteiger partial charge in [-0.15, -0.1) is 0 Å². The Morgan fingerprint density at radius 2 is 1.90 bits per heavy atom. The second kappa shape index (κ2) is 8.75. The zero-order valence-electron chi connectivity index (χ0n) is 17.3. The van der Waals surface area contributed by atoms with Gasteiger partial charge in [0.05, 0.1) is 5.92 Å². The first-order valence-electron chi connectivity index (χ1n) is 10.8. The molecule has 1 atom stereocenters. The van der Waals surface area contributed by atoms with Crippen molar-refractivity contribution in [1.82, 2.24) is 14.3 Å². The van der Waals surface area contributed by atoms with Crippen LogP contribution in [0.4, 0.5) is 9.52 Å². The number of hydrogen-bond acceptors (Lipinski definition) is 5. The minimum absolute atomic E-state index is 0.00320. The lowest BCUT2D eigenvalue weighted by Crippen LogP contribution is -2.46. The van der Waals surface area contributed by atoms with Crippen LogP contribution in [0.5, 0.6) is 0 Å². The summed E-state index contributed by atoms with van der Waals surface area (Å²) in [5.74, 6) is 0.767. The standard InChI is InChI=1S/C24H25FN4OS/c25-21-9-7-17(8-10-21)14-22-26-24(31-27-22)29-12-3-6-20(16-29)23(30)28-13-11-18-4-1-2-5-19(18)15-28/h1-2,4-5,7-10,20H,3,6,11-16H2. The number of anilines is 1. The summed E-state index contributed by atoms with van der Waals surface area (Å²) in [7, 11) is 0. The van der Waals surface area contributed by atoms with Gasteiger partial charge in [0.15, 0.2) is 0 Å². The zero-order chi connectivity index (χ0) is 21.2. The van der Waals surface area contributed by atoms with Gasteiger partial charge in [-0.1, -0.05) is 36.4 Å². The van der Waals surface area contributed by atoms with Crippen LogP contribution in [-0.2, 0) is 24.2 Å². The molecule has 0 radical (unpaired) electrons. The topological polar surface area (TPSA) is 49.3 Å². The van der Waals surface area contributed by atoms with Crippen molar-refractivity contribution in [3.8, 4) is 0 Å². The number of nitrogens with zero attached hydrogens (tertiary/aromatic N) is 4. The minimum Gasteiger partial charge on any atom is -0.346 e. The lowest BCUT2D eigenvalue weighted by atomic mass is 9.94. The van der Waals surface area contributed by atoms with Crippen molar-refractivity contribution in [3.05, 3.63) is 76.9 Å². The van der Waals surface area contributed by atoms with Crippen molar-refractivity contribution in [2.24, 2.45) is 5.92 Å². The first-order chi connectivity index (χ1) is 15.2. The maximum atomic E-state index is 13.2. The number of carbonyl (C=O) groups excluding carboxylic acids is 1. The number of rotatable bonds is 4. The summed E-state index contributed by atoms with van der Waals surface area (Å²) in [6.45, 7) is 3.11. The Morgan fingerprint density at radius 3 is 2.74 bits per heavy atom. The van der Waals surface area contributed by atoms with E-state index in [4.69, 9.17) is 4.98 Å². The smallest absolute Gasteiger partial charge is 0.227 e. The van der Waals surface area contributed by atoms with Gasteiger partial charge in [0, 0.05) is 44.1 Å². The van der Waals surface area contributed by atoms with E-state index in [0.29, 0.717) is 19.5 Å². The number of carbonyl (C=O) groups is 1. The molecule has 2 aliphatic rings. The Balaban J connectivity index is 1.23. The van der Waals surface area contributed by atoms with Crippen LogP contribution in [0.25, 0.3) is 0 Å². The van der Waals surface area contributed by atoms with Crippen molar-refractivity contribution in [2.75, 3.05) is 24.5 Å². The second-order valence-corrected chi connectivity index (χ2v) is 9.09. The van der Waals surface area contributed by atoms with Gasteiger partial charge in [-0.3, -0.25) is 4.79 Å². The van der Waals surface area contributed by atoms with E-state index in [1.54, 1.807) is 12.1 Å². The van der Waals surface area contributed by atoms with E-state index < -0.39 is 0 Å². The highest BCUT2D eigenvalue weighted by Crippen LogP contribution is 2.28. The van der Waals surface area contributed by atoms with Crippen molar-refractivity contribution >= 4 is 22.6 Å². The molecule has 5 rings (SSSR count). The maximum Gasteiger partial charge on any atom is 0.227 e. The highest BCUT2D eigenvalue weighted by Gasteiger charge is 2.32. The molecule has 1 fully saturated rings. The Bertz CT molecular complexity index is 1070. The van der Waals surface area contributed by atoms with Crippen molar-refractivity contribution in [2.45, 2.75) is 32.2 Å². The van der Waals surface area contributed by atoms with Crippen molar-refractivity contribution in [3.63, 3.8) is 0 Å². The van der Waals surface area contributed by atoms with Crippen LogP contribution in [0.1, 0.15) is 35.4 Å². The van der Waals surface area contributed by atoms with Gasteiger partial charge in [0.1, 0.15) is 11.6 Å². The van der Waals surface area contributed by atoms with Crippen LogP contribution in [0.15, 0.2) is 48.5 Å². The third-order valence-electron chi connectivity index (χ3n) is 6.22. The Labute approximate surface area is 185 Å². The van der Waals surface area contributed by atoms with E-state index in [1.165, 1.54) is 34.8 Å².